The van der Waals surface area contributed by atoms with Crippen molar-refractivity contribution in [3.05, 3.63) is 53.1 Å². The van der Waals surface area contributed by atoms with Crippen molar-refractivity contribution in [2.24, 2.45) is 0 Å². The number of ether oxygens (including phenoxy) is 3. The highest BCUT2D eigenvalue weighted by Gasteiger charge is 2.37. The van der Waals surface area contributed by atoms with Gasteiger partial charge in [-0.1, -0.05) is 29.8 Å². The van der Waals surface area contributed by atoms with E-state index in [4.69, 9.17) is 14.2 Å². The SMILES string of the molecule is COc1cc(C(c2cccc(C)c2)N2CCCC2C(=O)O)cc(OC)c1OC. The Morgan fingerprint density at radius 1 is 1.07 bits per heavy atom. The van der Waals surface area contributed by atoms with Crippen molar-refractivity contribution in [2.45, 2.75) is 31.8 Å². The standard InChI is InChI=1S/C22H27NO5/c1-14-7-5-8-15(11-14)20(23-10-6-9-17(23)22(24)25)16-12-18(26-2)21(28-4)19(13-16)27-3/h5,7-8,11-13,17,20H,6,9-10H2,1-4H3,(H,24,25). The Balaban J connectivity index is 2.18. The molecule has 2 aromatic rings. The van der Waals surface area contributed by atoms with Crippen molar-refractivity contribution < 1.29 is 24.1 Å². The van der Waals surface area contributed by atoms with Crippen molar-refractivity contribution in [3.8, 4) is 17.2 Å². The number of methoxy groups -OCH3 is 3. The fourth-order valence-electron chi connectivity index (χ4n) is 4.04. The van der Waals surface area contributed by atoms with Crippen LogP contribution in [0.3, 0.4) is 0 Å². The molecule has 150 valence electrons. The van der Waals surface area contributed by atoms with Crippen LogP contribution in [0.25, 0.3) is 0 Å². The Labute approximate surface area is 165 Å². The predicted octanol–water partition coefficient (Wildman–Crippen LogP) is 3.66. The van der Waals surface area contributed by atoms with Crippen LogP contribution < -0.4 is 14.2 Å². The molecule has 6 nitrogen and oxygen atoms in total. The summed E-state index contributed by atoms with van der Waals surface area (Å²) in [5, 5.41) is 9.75. The molecule has 2 unspecified atom stereocenters. The summed E-state index contributed by atoms with van der Waals surface area (Å²) in [7, 11) is 4.73. The van der Waals surface area contributed by atoms with Crippen LogP contribution >= 0.6 is 0 Å². The number of aryl methyl sites for hydroxylation is 1. The Morgan fingerprint density at radius 3 is 2.29 bits per heavy atom. The van der Waals surface area contributed by atoms with Gasteiger partial charge in [0.05, 0.1) is 27.4 Å². The van der Waals surface area contributed by atoms with Gasteiger partial charge in [0.15, 0.2) is 11.5 Å². The van der Waals surface area contributed by atoms with Crippen molar-refractivity contribution in [3.63, 3.8) is 0 Å². The molecule has 0 amide bonds. The first-order valence-electron chi connectivity index (χ1n) is 9.35. The van der Waals surface area contributed by atoms with E-state index in [1.54, 1.807) is 21.3 Å². The van der Waals surface area contributed by atoms with Gasteiger partial charge in [-0.25, -0.2) is 0 Å². The summed E-state index contributed by atoms with van der Waals surface area (Å²) in [4.78, 5) is 13.9. The number of hydrogen-bond donors (Lipinski definition) is 1. The second-order valence-corrected chi connectivity index (χ2v) is 7.01. The average Bonchev–Trinajstić information content (AvgIpc) is 3.17. The summed E-state index contributed by atoms with van der Waals surface area (Å²) < 4.78 is 16.5. The van der Waals surface area contributed by atoms with Crippen LogP contribution in [0.1, 0.15) is 35.6 Å². The molecule has 2 aromatic carbocycles. The van der Waals surface area contributed by atoms with Crippen LogP contribution in [0.15, 0.2) is 36.4 Å². The third-order valence-electron chi connectivity index (χ3n) is 5.27. The van der Waals surface area contributed by atoms with Gasteiger partial charge in [0.2, 0.25) is 5.75 Å². The number of nitrogens with zero attached hydrogens (tertiary/aromatic N) is 1. The lowest BCUT2D eigenvalue weighted by atomic mass is 9.94. The van der Waals surface area contributed by atoms with Crippen LogP contribution in [-0.4, -0.2) is 49.9 Å². The first-order chi connectivity index (χ1) is 13.5. The van der Waals surface area contributed by atoms with Crippen LogP contribution in [0, 0.1) is 6.92 Å². The molecular formula is C22H27NO5. The number of carboxylic acids is 1. The van der Waals surface area contributed by atoms with Gasteiger partial charge in [-0.15, -0.1) is 0 Å². The number of hydrogen-bond acceptors (Lipinski definition) is 5. The quantitative estimate of drug-likeness (QED) is 0.785. The van der Waals surface area contributed by atoms with Gasteiger partial charge in [-0.3, -0.25) is 9.69 Å². The minimum atomic E-state index is -0.789. The fourth-order valence-corrected chi connectivity index (χ4v) is 4.04. The van der Waals surface area contributed by atoms with E-state index < -0.39 is 12.0 Å². The zero-order chi connectivity index (χ0) is 20.3. The molecule has 0 spiro atoms. The molecule has 0 radical (unpaired) electrons. The summed E-state index contributed by atoms with van der Waals surface area (Å²) >= 11 is 0. The summed E-state index contributed by atoms with van der Waals surface area (Å²) in [6.07, 6.45) is 1.49. The fraction of sp³-hybridized carbons (Fsp3) is 0.409. The van der Waals surface area contributed by atoms with Crippen molar-refractivity contribution in [2.75, 3.05) is 27.9 Å². The lowest BCUT2D eigenvalue weighted by molar-refractivity contribution is -0.142. The molecule has 2 atom stereocenters. The lowest BCUT2D eigenvalue weighted by Crippen LogP contribution is -2.39. The molecule has 1 aliphatic heterocycles. The minimum Gasteiger partial charge on any atom is -0.493 e. The van der Waals surface area contributed by atoms with Gasteiger partial charge in [0, 0.05) is 6.54 Å². The first kappa shape index (κ1) is 20.0. The normalized spacial score (nSPS) is 17.9. The molecule has 6 heteroatoms. The monoisotopic (exact) mass is 385 g/mol. The highest BCUT2D eigenvalue weighted by atomic mass is 16.5. The van der Waals surface area contributed by atoms with E-state index in [1.165, 1.54) is 0 Å². The van der Waals surface area contributed by atoms with E-state index in [1.807, 2.05) is 37.3 Å². The molecule has 0 aliphatic carbocycles. The number of rotatable bonds is 7. The first-order valence-corrected chi connectivity index (χ1v) is 9.35. The van der Waals surface area contributed by atoms with Crippen LogP contribution in [0.4, 0.5) is 0 Å². The highest BCUT2D eigenvalue weighted by molar-refractivity contribution is 5.74. The largest absolute Gasteiger partial charge is 0.493 e. The van der Waals surface area contributed by atoms with E-state index in [2.05, 4.69) is 11.0 Å². The van der Waals surface area contributed by atoms with Gasteiger partial charge in [0.25, 0.3) is 0 Å². The molecule has 1 fully saturated rings. The Kier molecular flexibility index (Phi) is 6.09. The second-order valence-electron chi connectivity index (χ2n) is 7.01. The zero-order valence-electron chi connectivity index (χ0n) is 16.8. The third-order valence-corrected chi connectivity index (χ3v) is 5.27. The van der Waals surface area contributed by atoms with Gasteiger partial charge in [-0.05, 0) is 43.0 Å². The topological polar surface area (TPSA) is 68.2 Å². The molecule has 0 aromatic heterocycles. The van der Waals surface area contributed by atoms with Crippen molar-refractivity contribution in [1.82, 2.24) is 4.90 Å². The maximum atomic E-state index is 11.9. The average molecular weight is 385 g/mol. The lowest BCUT2D eigenvalue weighted by Gasteiger charge is -2.32. The highest BCUT2D eigenvalue weighted by Crippen LogP contribution is 2.43. The molecule has 0 saturated carbocycles. The molecule has 28 heavy (non-hydrogen) atoms. The summed E-state index contributed by atoms with van der Waals surface area (Å²) in [5.41, 5.74) is 3.08. The Morgan fingerprint density at radius 2 is 1.75 bits per heavy atom. The maximum Gasteiger partial charge on any atom is 0.320 e. The van der Waals surface area contributed by atoms with Gasteiger partial charge in [-0.2, -0.15) is 0 Å². The van der Waals surface area contributed by atoms with E-state index >= 15 is 0 Å². The predicted molar refractivity (Wildman–Crippen MR) is 106 cm³/mol. The van der Waals surface area contributed by atoms with Crippen LogP contribution in [-0.2, 0) is 4.79 Å². The Hall–Kier alpha value is -2.73. The van der Waals surface area contributed by atoms with E-state index in [0.29, 0.717) is 30.2 Å². The van der Waals surface area contributed by atoms with E-state index in [0.717, 1.165) is 23.1 Å². The van der Waals surface area contributed by atoms with E-state index in [9.17, 15) is 9.90 Å². The number of benzene rings is 2. The summed E-state index contributed by atoms with van der Waals surface area (Å²) in [5.74, 6) is 0.844. The molecule has 1 aliphatic rings. The van der Waals surface area contributed by atoms with Crippen molar-refractivity contribution >= 4 is 5.97 Å². The molecule has 1 N–H and O–H groups in total. The number of carboxylic acid groups (broad SMARTS) is 1. The molecule has 1 heterocycles. The molecular weight excluding hydrogens is 358 g/mol. The van der Waals surface area contributed by atoms with Gasteiger partial charge >= 0.3 is 5.97 Å². The summed E-state index contributed by atoms with van der Waals surface area (Å²) in [6.45, 7) is 2.75. The molecule has 0 bridgehead atoms. The smallest absolute Gasteiger partial charge is 0.320 e. The maximum absolute atomic E-state index is 11.9. The van der Waals surface area contributed by atoms with Crippen LogP contribution in [0.5, 0.6) is 17.2 Å². The zero-order valence-corrected chi connectivity index (χ0v) is 16.8. The summed E-state index contributed by atoms with van der Waals surface area (Å²) in [6, 6.07) is 11.2. The van der Waals surface area contributed by atoms with Gasteiger partial charge in [0.1, 0.15) is 6.04 Å². The van der Waals surface area contributed by atoms with Crippen LogP contribution in [0.2, 0.25) is 0 Å². The van der Waals surface area contributed by atoms with Gasteiger partial charge < -0.3 is 19.3 Å². The number of likely N-dealkylation sites (tertiary alicyclic amines) is 1. The van der Waals surface area contributed by atoms with Crippen molar-refractivity contribution in [1.29, 1.82) is 0 Å². The molecule has 1 saturated heterocycles. The second kappa shape index (κ2) is 8.52. The molecule has 3 rings (SSSR count). The number of aliphatic carboxylic acids is 1. The van der Waals surface area contributed by atoms with E-state index in [-0.39, 0.29) is 6.04 Å². The Bertz CT molecular complexity index is 826. The third kappa shape index (κ3) is 3.78. The number of carbonyl (C=O) groups is 1. The minimum absolute atomic E-state index is 0.225.